The molecule has 1 aromatic heterocycles. The van der Waals surface area contributed by atoms with Crippen molar-refractivity contribution >= 4 is 0 Å². The van der Waals surface area contributed by atoms with Gasteiger partial charge < -0.3 is 5.11 Å². The molecular formula is C21H23N3O2. The number of aliphatic hydroxyl groups excluding tert-OH is 1. The van der Waals surface area contributed by atoms with Crippen LogP contribution in [0.1, 0.15) is 5.56 Å². The highest BCUT2D eigenvalue weighted by Gasteiger charge is 2.12. The van der Waals surface area contributed by atoms with Gasteiger partial charge in [0.1, 0.15) is 0 Å². The molecule has 0 spiro atoms. The molecule has 5 heteroatoms. The third-order valence-corrected chi connectivity index (χ3v) is 4.14. The zero-order valence-corrected chi connectivity index (χ0v) is 14.8. The summed E-state index contributed by atoms with van der Waals surface area (Å²) in [6.07, 6.45) is -0.681. The number of hydrogen-bond donors (Lipinski definition) is 1. The van der Waals surface area contributed by atoms with E-state index < -0.39 is 6.10 Å². The van der Waals surface area contributed by atoms with E-state index in [0.717, 1.165) is 17.8 Å². The minimum Gasteiger partial charge on any atom is -0.390 e. The van der Waals surface area contributed by atoms with Crippen LogP contribution < -0.4 is 5.56 Å². The molecule has 0 bridgehead atoms. The van der Waals surface area contributed by atoms with Crippen LogP contribution in [0.25, 0.3) is 11.3 Å². The minimum absolute atomic E-state index is 0.165. The number of aliphatic hydroxyl groups is 1. The van der Waals surface area contributed by atoms with Crippen LogP contribution in [0.2, 0.25) is 0 Å². The van der Waals surface area contributed by atoms with Gasteiger partial charge in [-0.15, -0.1) is 0 Å². The van der Waals surface area contributed by atoms with Crippen LogP contribution in [0.15, 0.2) is 77.6 Å². The van der Waals surface area contributed by atoms with Gasteiger partial charge in [0.05, 0.1) is 18.3 Å². The fourth-order valence-electron chi connectivity index (χ4n) is 2.92. The van der Waals surface area contributed by atoms with E-state index in [2.05, 4.69) is 17.2 Å². The van der Waals surface area contributed by atoms with E-state index >= 15 is 0 Å². The van der Waals surface area contributed by atoms with Gasteiger partial charge in [0.15, 0.2) is 0 Å². The summed E-state index contributed by atoms with van der Waals surface area (Å²) < 4.78 is 1.34. The summed E-state index contributed by atoms with van der Waals surface area (Å²) in [5.41, 5.74) is 2.63. The second-order valence-corrected chi connectivity index (χ2v) is 6.44. The first-order valence-corrected chi connectivity index (χ1v) is 8.66. The SMILES string of the molecule is CN(Cc1ccccc1)C[C@@H](O)Cn1nc(-c2ccccc2)ccc1=O. The van der Waals surface area contributed by atoms with Gasteiger partial charge in [-0.3, -0.25) is 9.69 Å². The molecule has 0 unspecified atom stereocenters. The molecule has 1 atom stereocenters. The summed E-state index contributed by atoms with van der Waals surface area (Å²) in [6, 6.07) is 23.0. The zero-order valence-electron chi connectivity index (χ0n) is 14.8. The van der Waals surface area contributed by atoms with Crippen molar-refractivity contribution in [1.29, 1.82) is 0 Å². The molecule has 0 fully saturated rings. The molecule has 1 heterocycles. The average Bonchev–Trinajstić information content (AvgIpc) is 2.65. The Morgan fingerprint density at radius 1 is 1.00 bits per heavy atom. The molecule has 0 aliphatic rings. The maximum absolute atomic E-state index is 12.1. The van der Waals surface area contributed by atoms with Crippen LogP contribution >= 0.6 is 0 Å². The van der Waals surface area contributed by atoms with E-state index in [1.54, 1.807) is 6.07 Å². The first-order valence-electron chi connectivity index (χ1n) is 8.66. The van der Waals surface area contributed by atoms with Gasteiger partial charge >= 0.3 is 0 Å². The molecule has 5 nitrogen and oxygen atoms in total. The molecule has 1 N–H and O–H groups in total. The van der Waals surface area contributed by atoms with Crippen molar-refractivity contribution in [3.8, 4) is 11.3 Å². The molecule has 0 saturated carbocycles. The molecule has 0 aliphatic heterocycles. The Balaban J connectivity index is 1.65. The molecule has 3 aromatic rings. The summed E-state index contributed by atoms with van der Waals surface area (Å²) in [5, 5.41) is 14.8. The Hall–Kier alpha value is -2.76. The molecule has 0 aliphatic carbocycles. The van der Waals surface area contributed by atoms with Gasteiger partial charge in [0.2, 0.25) is 0 Å². The predicted molar refractivity (Wildman–Crippen MR) is 103 cm³/mol. The monoisotopic (exact) mass is 349 g/mol. The van der Waals surface area contributed by atoms with Gasteiger partial charge in [0, 0.05) is 24.7 Å². The van der Waals surface area contributed by atoms with Crippen LogP contribution in [0.4, 0.5) is 0 Å². The largest absolute Gasteiger partial charge is 0.390 e. The molecule has 2 aromatic carbocycles. The van der Waals surface area contributed by atoms with Crippen molar-refractivity contribution < 1.29 is 5.11 Å². The lowest BCUT2D eigenvalue weighted by Crippen LogP contribution is -2.35. The fourth-order valence-corrected chi connectivity index (χ4v) is 2.92. The summed E-state index contributed by atoms with van der Waals surface area (Å²) >= 11 is 0. The standard InChI is InChI=1S/C21H23N3O2/c1-23(14-17-8-4-2-5-9-17)15-19(25)16-24-21(26)13-12-20(22-24)18-10-6-3-7-11-18/h2-13,19,25H,14-16H2,1H3/t19-/m1/s1. The molecule has 0 amide bonds. The third-order valence-electron chi connectivity index (χ3n) is 4.14. The van der Waals surface area contributed by atoms with Crippen LogP contribution in [0.5, 0.6) is 0 Å². The lowest BCUT2D eigenvalue weighted by atomic mass is 10.1. The minimum atomic E-state index is -0.681. The Morgan fingerprint density at radius 2 is 1.65 bits per heavy atom. The van der Waals surface area contributed by atoms with E-state index in [0.29, 0.717) is 6.54 Å². The van der Waals surface area contributed by atoms with Crippen LogP contribution in [-0.4, -0.2) is 39.5 Å². The zero-order chi connectivity index (χ0) is 18.4. The van der Waals surface area contributed by atoms with Crippen LogP contribution in [-0.2, 0) is 13.1 Å². The van der Waals surface area contributed by atoms with E-state index in [4.69, 9.17) is 0 Å². The van der Waals surface area contributed by atoms with E-state index in [1.165, 1.54) is 16.3 Å². The van der Waals surface area contributed by atoms with Gasteiger partial charge in [0.25, 0.3) is 5.56 Å². The first-order chi connectivity index (χ1) is 12.6. The lowest BCUT2D eigenvalue weighted by molar-refractivity contribution is 0.102. The Kier molecular flexibility index (Phi) is 5.94. The highest BCUT2D eigenvalue weighted by molar-refractivity contribution is 5.57. The number of aromatic nitrogens is 2. The maximum Gasteiger partial charge on any atom is 0.266 e. The van der Waals surface area contributed by atoms with E-state index in [9.17, 15) is 9.90 Å². The Labute approximate surface area is 153 Å². The molecule has 3 rings (SSSR count). The van der Waals surface area contributed by atoms with Crippen molar-refractivity contribution in [1.82, 2.24) is 14.7 Å². The lowest BCUT2D eigenvalue weighted by Gasteiger charge is -2.21. The van der Waals surface area contributed by atoms with Gasteiger partial charge in [-0.25, -0.2) is 4.68 Å². The van der Waals surface area contributed by atoms with Gasteiger partial charge in [-0.2, -0.15) is 5.10 Å². The molecular weight excluding hydrogens is 326 g/mol. The Morgan fingerprint density at radius 3 is 2.35 bits per heavy atom. The summed E-state index contributed by atoms with van der Waals surface area (Å²) in [4.78, 5) is 14.1. The van der Waals surface area contributed by atoms with Crippen LogP contribution in [0.3, 0.4) is 0 Å². The number of hydrogen-bond acceptors (Lipinski definition) is 4. The topological polar surface area (TPSA) is 58.4 Å². The number of likely N-dealkylation sites (N-methyl/N-ethyl adjacent to an activating group) is 1. The van der Waals surface area contributed by atoms with Crippen molar-refractivity contribution in [3.63, 3.8) is 0 Å². The molecule has 0 radical (unpaired) electrons. The quantitative estimate of drug-likeness (QED) is 0.712. The third kappa shape index (κ3) is 4.88. The summed E-state index contributed by atoms with van der Waals surface area (Å²) in [5.74, 6) is 0. The van der Waals surface area contributed by atoms with Gasteiger partial charge in [-0.05, 0) is 18.7 Å². The number of benzene rings is 2. The molecule has 0 saturated heterocycles. The highest BCUT2D eigenvalue weighted by Crippen LogP contribution is 2.14. The van der Waals surface area contributed by atoms with Crippen molar-refractivity contribution in [3.05, 3.63) is 88.7 Å². The smallest absolute Gasteiger partial charge is 0.266 e. The normalized spacial score (nSPS) is 12.3. The second-order valence-electron chi connectivity index (χ2n) is 6.44. The van der Waals surface area contributed by atoms with E-state index in [1.807, 2.05) is 60.5 Å². The molecule has 134 valence electrons. The average molecular weight is 349 g/mol. The fraction of sp³-hybridized carbons (Fsp3) is 0.238. The van der Waals surface area contributed by atoms with Gasteiger partial charge in [-0.1, -0.05) is 60.7 Å². The molecule has 26 heavy (non-hydrogen) atoms. The summed E-state index contributed by atoms with van der Waals surface area (Å²) in [6.45, 7) is 1.36. The maximum atomic E-state index is 12.1. The first kappa shape index (κ1) is 18.0. The van der Waals surface area contributed by atoms with E-state index in [-0.39, 0.29) is 12.1 Å². The van der Waals surface area contributed by atoms with Crippen molar-refractivity contribution in [2.24, 2.45) is 0 Å². The Bertz CT molecular complexity index is 879. The predicted octanol–water partition coefficient (Wildman–Crippen LogP) is 2.40. The highest BCUT2D eigenvalue weighted by atomic mass is 16.3. The second kappa shape index (κ2) is 8.56. The summed E-state index contributed by atoms with van der Waals surface area (Å²) in [7, 11) is 1.95. The number of nitrogens with zero attached hydrogens (tertiary/aromatic N) is 3. The van der Waals surface area contributed by atoms with Crippen molar-refractivity contribution in [2.45, 2.75) is 19.2 Å². The number of rotatable bonds is 7. The van der Waals surface area contributed by atoms with Crippen molar-refractivity contribution in [2.75, 3.05) is 13.6 Å². The van der Waals surface area contributed by atoms with Crippen LogP contribution in [0, 0.1) is 0 Å².